The Morgan fingerprint density at radius 2 is 2.30 bits per heavy atom. The summed E-state index contributed by atoms with van der Waals surface area (Å²) < 4.78 is 1.11. The molecule has 1 aromatic rings. The van der Waals surface area contributed by atoms with Gasteiger partial charge in [0.15, 0.2) is 0 Å². The molecule has 0 bridgehead atoms. The van der Waals surface area contributed by atoms with Gasteiger partial charge in [0.25, 0.3) is 0 Å². The Balaban J connectivity index is 1.74. The first-order valence-electron chi connectivity index (χ1n) is 7.05. The van der Waals surface area contributed by atoms with Gasteiger partial charge in [0.1, 0.15) is 0 Å². The van der Waals surface area contributed by atoms with E-state index in [2.05, 4.69) is 51.7 Å². The van der Waals surface area contributed by atoms with Crippen molar-refractivity contribution in [2.75, 3.05) is 19.6 Å². The van der Waals surface area contributed by atoms with Crippen LogP contribution in [0.3, 0.4) is 0 Å². The highest BCUT2D eigenvalue weighted by Gasteiger charge is 2.06. The summed E-state index contributed by atoms with van der Waals surface area (Å²) >= 11 is 3.49. The number of carbonyl (C=O) groups is 1. The molecule has 0 aromatic heterocycles. The molecule has 0 saturated carbocycles. The van der Waals surface area contributed by atoms with E-state index in [1.54, 1.807) is 0 Å². The Hall–Kier alpha value is -1.13. The van der Waals surface area contributed by atoms with Gasteiger partial charge in [-0.25, -0.2) is 0 Å². The van der Waals surface area contributed by atoms with Gasteiger partial charge in [-0.05, 0) is 43.5 Å². The highest BCUT2D eigenvalue weighted by Crippen LogP contribution is 2.17. The first-order valence-corrected chi connectivity index (χ1v) is 7.85. The van der Waals surface area contributed by atoms with Crippen molar-refractivity contribution in [3.8, 4) is 0 Å². The molecule has 1 aliphatic heterocycles. The van der Waals surface area contributed by atoms with Gasteiger partial charge in [-0.15, -0.1) is 0 Å². The molecule has 2 N–H and O–H groups in total. The van der Waals surface area contributed by atoms with Crippen molar-refractivity contribution >= 4 is 21.8 Å². The number of aryl methyl sites for hydroxylation is 2. The van der Waals surface area contributed by atoms with Crippen LogP contribution >= 0.6 is 15.9 Å². The van der Waals surface area contributed by atoms with Gasteiger partial charge in [0.2, 0.25) is 5.91 Å². The van der Waals surface area contributed by atoms with Crippen LogP contribution in [-0.4, -0.2) is 25.5 Å². The van der Waals surface area contributed by atoms with E-state index in [1.165, 1.54) is 16.7 Å². The number of carbonyl (C=O) groups excluding carboxylic acids is 1. The molecule has 0 atom stereocenters. The lowest BCUT2D eigenvalue weighted by atomic mass is 10.1. The van der Waals surface area contributed by atoms with Crippen LogP contribution in [0.4, 0.5) is 0 Å². The number of amides is 1. The fraction of sp³-hybridized carbons (Fsp3) is 0.438. The van der Waals surface area contributed by atoms with Crippen molar-refractivity contribution < 1.29 is 4.79 Å². The van der Waals surface area contributed by atoms with Crippen molar-refractivity contribution in [3.63, 3.8) is 0 Å². The Labute approximate surface area is 129 Å². The van der Waals surface area contributed by atoms with Gasteiger partial charge in [-0.2, -0.15) is 0 Å². The van der Waals surface area contributed by atoms with Gasteiger partial charge < -0.3 is 10.6 Å². The number of hydrogen-bond donors (Lipinski definition) is 2. The minimum absolute atomic E-state index is 0.130. The largest absolute Gasteiger partial charge is 0.352 e. The normalized spacial score (nSPS) is 14.8. The number of hydrogen-bond acceptors (Lipinski definition) is 2. The standard InChI is InChI=1S/C16H21BrN2O/c1-12-10-13(2-4-15(12)17)3-5-16(20)19-11-14-6-8-18-9-7-14/h2,4,6,10,18H,3,5,7-9,11H2,1H3,(H,19,20). The van der Waals surface area contributed by atoms with Crippen LogP contribution in [-0.2, 0) is 11.2 Å². The summed E-state index contributed by atoms with van der Waals surface area (Å²) in [5.74, 6) is 0.130. The van der Waals surface area contributed by atoms with Gasteiger partial charge in [0, 0.05) is 24.0 Å². The second kappa shape index (κ2) is 7.60. The summed E-state index contributed by atoms with van der Waals surface area (Å²) in [6.07, 6.45) is 4.54. The molecule has 2 rings (SSSR count). The van der Waals surface area contributed by atoms with E-state index in [-0.39, 0.29) is 5.91 Å². The van der Waals surface area contributed by atoms with Crippen molar-refractivity contribution in [2.45, 2.75) is 26.2 Å². The zero-order valence-corrected chi connectivity index (χ0v) is 13.4. The Morgan fingerprint density at radius 3 is 3.00 bits per heavy atom. The summed E-state index contributed by atoms with van der Waals surface area (Å²) in [4.78, 5) is 11.8. The van der Waals surface area contributed by atoms with Crippen LogP contribution in [0, 0.1) is 6.92 Å². The highest BCUT2D eigenvalue weighted by atomic mass is 79.9. The highest BCUT2D eigenvalue weighted by molar-refractivity contribution is 9.10. The quantitative estimate of drug-likeness (QED) is 0.811. The molecule has 0 radical (unpaired) electrons. The number of rotatable bonds is 5. The minimum Gasteiger partial charge on any atom is -0.352 e. The summed E-state index contributed by atoms with van der Waals surface area (Å²) in [5.41, 5.74) is 3.75. The lowest BCUT2D eigenvalue weighted by molar-refractivity contribution is -0.120. The lowest BCUT2D eigenvalue weighted by Gasteiger charge is -2.14. The van der Waals surface area contributed by atoms with Crippen LogP contribution in [0.5, 0.6) is 0 Å². The van der Waals surface area contributed by atoms with Gasteiger partial charge in [-0.1, -0.05) is 39.7 Å². The minimum atomic E-state index is 0.130. The van der Waals surface area contributed by atoms with E-state index in [0.29, 0.717) is 13.0 Å². The predicted molar refractivity (Wildman–Crippen MR) is 85.8 cm³/mol. The van der Waals surface area contributed by atoms with Crippen LogP contribution in [0.2, 0.25) is 0 Å². The molecule has 0 spiro atoms. The third kappa shape index (κ3) is 4.76. The second-order valence-corrected chi connectivity index (χ2v) is 6.03. The van der Waals surface area contributed by atoms with E-state index in [4.69, 9.17) is 0 Å². The molecule has 1 heterocycles. The Kier molecular flexibility index (Phi) is 5.80. The first-order chi connectivity index (χ1) is 9.65. The zero-order valence-electron chi connectivity index (χ0n) is 11.8. The van der Waals surface area contributed by atoms with E-state index in [9.17, 15) is 4.79 Å². The summed E-state index contributed by atoms with van der Waals surface area (Å²) in [5, 5.41) is 6.27. The molecule has 0 unspecified atom stereocenters. The van der Waals surface area contributed by atoms with Crippen LogP contribution in [0.25, 0.3) is 0 Å². The van der Waals surface area contributed by atoms with Gasteiger partial charge in [0.05, 0.1) is 0 Å². The summed E-state index contributed by atoms with van der Waals surface area (Å²) in [7, 11) is 0. The van der Waals surface area contributed by atoms with Crippen molar-refractivity contribution in [1.82, 2.24) is 10.6 Å². The number of nitrogens with one attached hydrogen (secondary N) is 2. The van der Waals surface area contributed by atoms with E-state index in [1.807, 2.05) is 6.07 Å². The lowest BCUT2D eigenvalue weighted by Crippen LogP contribution is -2.29. The third-order valence-corrected chi connectivity index (χ3v) is 4.42. The van der Waals surface area contributed by atoms with E-state index < -0.39 is 0 Å². The predicted octanol–water partition coefficient (Wildman–Crippen LogP) is 2.73. The molecular weight excluding hydrogens is 316 g/mol. The zero-order chi connectivity index (χ0) is 14.4. The number of benzene rings is 1. The molecule has 0 aliphatic carbocycles. The number of halogens is 1. The molecule has 0 fully saturated rings. The van der Waals surface area contributed by atoms with Crippen LogP contribution in [0.15, 0.2) is 34.3 Å². The molecule has 108 valence electrons. The first kappa shape index (κ1) is 15.3. The molecule has 3 nitrogen and oxygen atoms in total. The van der Waals surface area contributed by atoms with E-state index >= 15 is 0 Å². The summed E-state index contributed by atoms with van der Waals surface area (Å²) in [6, 6.07) is 6.24. The fourth-order valence-corrected chi connectivity index (χ4v) is 2.50. The molecule has 1 aromatic carbocycles. The van der Waals surface area contributed by atoms with Crippen molar-refractivity contribution in [3.05, 3.63) is 45.4 Å². The average Bonchev–Trinajstić information content (AvgIpc) is 2.47. The maximum Gasteiger partial charge on any atom is 0.220 e. The average molecular weight is 337 g/mol. The maximum absolute atomic E-state index is 11.8. The third-order valence-electron chi connectivity index (χ3n) is 3.53. The Bertz CT molecular complexity index is 511. The SMILES string of the molecule is Cc1cc(CCC(=O)NCC2=CCNCC2)ccc1Br. The monoisotopic (exact) mass is 336 g/mol. The molecule has 0 saturated heterocycles. The fourth-order valence-electron chi connectivity index (χ4n) is 2.25. The van der Waals surface area contributed by atoms with Crippen LogP contribution < -0.4 is 10.6 Å². The van der Waals surface area contributed by atoms with Crippen molar-refractivity contribution in [1.29, 1.82) is 0 Å². The molecule has 1 amide bonds. The Morgan fingerprint density at radius 1 is 1.45 bits per heavy atom. The molecule has 1 aliphatic rings. The van der Waals surface area contributed by atoms with Gasteiger partial charge in [-0.3, -0.25) is 4.79 Å². The van der Waals surface area contributed by atoms with Gasteiger partial charge >= 0.3 is 0 Å². The topological polar surface area (TPSA) is 41.1 Å². The molecule has 4 heteroatoms. The molecule has 20 heavy (non-hydrogen) atoms. The van der Waals surface area contributed by atoms with Crippen LogP contribution in [0.1, 0.15) is 24.0 Å². The van der Waals surface area contributed by atoms with E-state index in [0.717, 1.165) is 30.4 Å². The molecular formula is C16H21BrN2O. The van der Waals surface area contributed by atoms with Crippen molar-refractivity contribution in [2.24, 2.45) is 0 Å². The smallest absolute Gasteiger partial charge is 0.220 e. The second-order valence-electron chi connectivity index (χ2n) is 5.18. The maximum atomic E-state index is 11.8. The summed E-state index contributed by atoms with van der Waals surface area (Å²) in [6.45, 7) is 4.69.